The van der Waals surface area contributed by atoms with Crippen molar-refractivity contribution in [2.24, 2.45) is 0 Å². The van der Waals surface area contributed by atoms with Crippen LogP contribution < -0.4 is 15.0 Å². The minimum absolute atomic E-state index is 0.837. The van der Waals surface area contributed by atoms with Crippen LogP contribution >= 0.6 is 0 Å². The van der Waals surface area contributed by atoms with E-state index in [1.54, 1.807) is 7.11 Å². The average Bonchev–Trinajstić information content (AvgIpc) is 2.75. The highest BCUT2D eigenvalue weighted by molar-refractivity contribution is 6.13. The lowest BCUT2D eigenvalue weighted by atomic mass is 10.0. The maximum Gasteiger partial charge on any atom is 0.285 e. The lowest BCUT2D eigenvalue weighted by Gasteiger charge is -2.08. The van der Waals surface area contributed by atoms with E-state index in [9.17, 15) is 0 Å². The quantitative estimate of drug-likeness (QED) is 0.413. The van der Waals surface area contributed by atoms with Crippen LogP contribution in [0.4, 0.5) is 11.4 Å². The lowest BCUT2D eigenvalue weighted by molar-refractivity contribution is -0.352. The molecule has 0 saturated heterocycles. The number of amidine groups is 1. The zero-order valence-corrected chi connectivity index (χ0v) is 16.1. The second kappa shape index (κ2) is 7.97. The summed E-state index contributed by atoms with van der Waals surface area (Å²) in [5.74, 6) is 1.77. The Morgan fingerprint density at radius 1 is 0.786 bits per heavy atom. The Balaban J connectivity index is 1.81. The summed E-state index contributed by atoms with van der Waals surface area (Å²) in [6, 6.07) is 31.1. The monoisotopic (exact) mass is 367 g/mol. The predicted octanol–water partition coefficient (Wildman–Crippen LogP) is 4.43. The van der Waals surface area contributed by atoms with Gasteiger partial charge in [-0.3, -0.25) is 0 Å². The molecule has 0 saturated carbocycles. The normalized spacial score (nSPS) is 11.4. The van der Waals surface area contributed by atoms with Gasteiger partial charge in [-0.05, 0) is 60.2 Å². The van der Waals surface area contributed by atoms with E-state index in [2.05, 4.69) is 84.0 Å². The largest absolute Gasteiger partial charge is 0.497 e. The Labute approximate surface area is 165 Å². The van der Waals surface area contributed by atoms with Gasteiger partial charge in [0.25, 0.3) is 5.84 Å². The van der Waals surface area contributed by atoms with E-state index >= 15 is 0 Å². The van der Waals surface area contributed by atoms with Crippen molar-refractivity contribution >= 4 is 28.0 Å². The van der Waals surface area contributed by atoms with Crippen LogP contribution in [0.15, 0.2) is 91.0 Å². The van der Waals surface area contributed by atoms with Crippen molar-refractivity contribution in [2.45, 2.75) is 6.92 Å². The van der Waals surface area contributed by atoms with E-state index in [1.165, 1.54) is 16.3 Å². The molecule has 0 aliphatic rings. The summed E-state index contributed by atoms with van der Waals surface area (Å²) in [5.41, 5.74) is 4.38. The molecule has 0 atom stereocenters. The zero-order valence-electron chi connectivity index (χ0n) is 16.1. The van der Waals surface area contributed by atoms with Crippen molar-refractivity contribution in [3.05, 3.63) is 102 Å². The molecule has 3 nitrogen and oxygen atoms in total. The number of fused-ring (bicyclic) bond motifs is 1. The van der Waals surface area contributed by atoms with Crippen LogP contribution in [0.2, 0.25) is 0 Å². The first-order valence-corrected chi connectivity index (χ1v) is 9.33. The van der Waals surface area contributed by atoms with Gasteiger partial charge in [0.05, 0.1) is 12.7 Å². The van der Waals surface area contributed by atoms with Crippen LogP contribution in [0.25, 0.3) is 10.8 Å². The number of hydrogen-bond acceptors (Lipinski definition) is 1. The topological polar surface area (TPSA) is 35.2 Å². The van der Waals surface area contributed by atoms with Gasteiger partial charge in [0.15, 0.2) is 0 Å². The van der Waals surface area contributed by atoms with E-state index < -0.39 is 0 Å². The third-order valence-electron chi connectivity index (χ3n) is 4.74. The van der Waals surface area contributed by atoms with E-state index in [4.69, 9.17) is 4.74 Å². The van der Waals surface area contributed by atoms with Gasteiger partial charge in [0.1, 0.15) is 17.1 Å². The molecule has 0 fully saturated rings. The number of anilines is 1. The SMILES string of the molecule is COc1ccc(NC(=[NH+]c2ccc(C)cc2)c2cccc3ccccc23)cc1. The molecule has 2 N–H and O–H groups in total. The zero-order chi connectivity index (χ0) is 19.3. The predicted molar refractivity (Wildman–Crippen MR) is 116 cm³/mol. The first-order chi connectivity index (χ1) is 13.7. The maximum atomic E-state index is 5.27. The van der Waals surface area contributed by atoms with Crippen LogP contribution in [-0.2, 0) is 0 Å². The highest BCUT2D eigenvalue weighted by Gasteiger charge is 2.15. The molecule has 28 heavy (non-hydrogen) atoms. The third kappa shape index (κ3) is 3.89. The maximum absolute atomic E-state index is 5.27. The molecule has 3 heteroatoms. The van der Waals surface area contributed by atoms with Crippen LogP contribution in [-0.4, -0.2) is 12.9 Å². The van der Waals surface area contributed by atoms with E-state index in [0.717, 1.165) is 28.5 Å². The Kier molecular flexibility index (Phi) is 5.07. The Morgan fingerprint density at radius 3 is 2.25 bits per heavy atom. The average molecular weight is 367 g/mol. The molecule has 4 aromatic rings. The summed E-state index contributed by atoms with van der Waals surface area (Å²) in [6.07, 6.45) is 0. The second-order valence-electron chi connectivity index (χ2n) is 6.75. The van der Waals surface area contributed by atoms with Crippen molar-refractivity contribution in [3.63, 3.8) is 0 Å². The van der Waals surface area contributed by atoms with Gasteiger partial charge in [-0.1, -0.05) is 54.1 Å². The molecule has 0 aliphatic carbocycles. The fraction of sp³-hybridized carbons (Fsp3) is 0.0800. The lowest BCUT2D eigenvalue weighted by Crippen LogP contribution is -2.68. The second-order valence-corrected chi connectivity index (χ2v) is 6.75. The molecule has 0 heterocycles. The Bertz CT molecular complexity index is 1110. The van der Waals surface area contributed by atoms with Gasteiger partial charge in [0, 0.05) is 0 Å². The molecular formula is C25H23N2O+. The third-order valence-corrected chi connectivity index (χ3v) is 4.74. The smallest absolute Gasteiger partial charge is 0.285 e. The van der Waals surface area contributed by atoms with Crippen LogP contribution in [0.3, 0.4) is 0 Å². The molecule has 138 valence electrons. The van der Waals surface area contributed by atoms with E-state index in [0.29, 0.717) is 0 Å². The van der Waals surface area contributed by atoms with Crippen LogP contribution in [0.1, 0.15) is 11.1 Å². The molecule has 4 aromatic carbocycles. The standard InChI is InChI=1S/C25H22N2O/c1-18-10-12-20(13-11-18)26-25(27-21-14-16-22(28-2)17-15-21)24-9-5-7-19-6-3-4-8-23(19)24/h3-17H,1-2H3,(H,26,27)/p+1. The van der Waals surface area contributed by atoms with Crippen molar-refractivity contribution in [2.75, 3.05) is 12.4 Å². The molecule has 0 aromatic heterocycles. The Morgan fingerprint density at radius 2 is 1.50 bits per heavy atom. The van der Waals surface area contributed by atoms with Gasteiger partial charge >= 0.3 is 0 Å². The van der Waals surface area contributed by atoms with Gasteiger partial charge in [-0.25, -0.2) is 10.3 Å². The van der Waals surface area contributed by atoms with Gasteiger partial charge < -0.3 is 4.74 Å². The summed E-state index contributed by atoms with van der Waals surface area (Å²) in [6.45, 7) is 2.09. The fourth-order valence-electron chi connectivity index (χ4n) is 3.21. The number of nitrogens with one attached hydrogen (secondary N) is 2. The molecule has 0 amide bonds. The minimum atomic E-state index is 0.837. The summed E-state index contributed by atoms with van der Waals surface area (Å²) < 4.78 is 5.27. The van der Waals surface area contributed by atoms with Gasteiger partial charge in [-0.2, -0.15) is 0 Å². The van der Waals surface area contributed by atoms with Gasteiger partial charge in [-0.15, -0.1) is 0 Å². The van der Waals surface area contributed by atoms with Crippen LogP contribution in [0, 0.1) is 6.92 Å². The summed E-state index contributed by atoms with van der Waals surface area (Å²) in [4.78, 5) is 3.57. The molecule has 0 spiro atoms. The molecule has 0 aliphatic heterocycles. The number of benzene rings is 4. The first-order valence-electron chi connectivity index (χ1n) is 9.33. The molecule has 0 bridgehead atoms. The van der Waals surface area contributed by atoms with Gasteiger partial charge in [0.2, 0.25) is 0 Å². The highest BCUT2D eigenvalue weighted by atomic mass is 16.5. The van der Waals surface area contributed by atoms with E-state index in [-0.39, 0.29) is 0 Å². The summed E-state index contributed by atoms with van der Waals surface area (Å²) >= 11 is 0. The number of rotatable bonds is 4. The first kappa shape index (κ1) is 17.8. The molecular weight excluding hydrogens is 344 g/mol. The van der Waals surface area contributed by atoms with Crippen molar-refractivity contribution in [3.8, 4) is 5.75 Å². The number of aryl methyl sites for hydroxylation is 1. The number of methoxy groups -OCH3 is 1. The molecule has 4 rings (SSSR count). The Hall–Kier alpha value is -3.59. The highest BCUT2D eigenvalue weighted by Crippen LogP contribution is 2.20. The molecule has 0 unspecified atom stereocenters. The number of hydrogen-bond donors (Lipinski definition) is 2. The minimum Gasteiger partial charge on any atom is -0.497 e. The fourth-order valence-corrected chi connectivity index (χ4v) is 3.21. The van der Waals surface area contributed by atoms with Crippen molar-refractivity contribution in [1.82, 2.24) is 0 Å². The van der Waals surface area contributed by atoms with Crippen LogP contribution in [0.5, 0.6) is 5.75 Å². The van der Waals surface area contributed by atoms with Crippen molar-refractivity contribution in [1.29, 1.82) is 0 Å². The number of ether oxygens (including phenoxy) is 1. The summed E-state index contributed by atoms with van der Waals surface area (Å²) in [7, 11) is 1.68. The van der Waals surface area contributed by atoms with Crippen molar-refractivity contribution < 1.29 is 9.73 Å². The molecule has 0 radical (unpaired) electrons. The summed E-state index contributed by atoms with van der Waals surface area (Å²) in [5, 5.41) is 5.95. The van der Waals surface area contributed by atoms with E-state index in [1.807, 2.05) is 24.3 Å².